The fraction of sp³-hybridized carbons (Fsp3) is 0.333. The Hall–Kier alpha value is -2.52. The molecule has 0 amide bonds. The Morgan fingerprint density at radius 3 is 2.81 bits per heavy atom. The van der Waals surface area contributed by atoms with Crippen molar-refractivity contribution in [1.29, 1.82) is 0 Å². The highest BCUT2D eigenvalue weighted by Crippen LogP contribution is 2.62. The van der Waals surface area contributed by atoms with Gasteiger partial charge in [-0.2, -0.15) is 0 Å². The SMILES string of the molecule is COc1ccc2c3c1O[C@H]1C=C(c4ccccc4)C=C4[C@@H](C2)N(C)CC[C@]431. The van der Waals surface area contributed by atoms with Crippen LogP contribution in [0.5, 0.6) is 11.5 Å². The smallest absolute Gasteiger partial charge is 0.166 e. The first kappa shape index (κ1) is 15.5. The number of allylic oxidation sites excluding steroid dienone is 2. The Labute approximate surface area is 159 Å². The molecule has 0 saturated carbocycles. The third-order valence-corrected chi connectivity index (χ3v) is 7.03. The molecule has 2 aromatic rings. The molecular formula is C24H23NO2. The predicted octanol–water partition coefficient (Wildman–Crippen LogP) is 3.98. The summed E-state index contributed by atoms with van der Waals surface area (Å²) in [5.74, 6) is 1.84. The van der Waals surface area contributed by atoms with E-state index in [2.05, 4.69) is 66.6 Å². The van der Waals surface area contributed by atoms with E-state index < -0.39 is 0 Å². The molecule has 136 valence electrons. The molecule has 2 aromatic carbocycles. The van der Waals surface area contributed by atoms with Crippen LogP contribution in [-0.2, 0) is 11.8 Å². The van der Waals surface area contributed by atoms with E-state index in [0.717, 1.165) is 30.9 Å². The third kappa shape index (κ3) is 1.85. The number of hydrogen-bond donors (Lipinski definition) is 0. The Morgan fingerprint density at radius 2 is 2.00 bits per heavy atom. The molecule has 6 rings (SSSR count). The molecule has 2 heterocycles. The van der Waals surface area contributed by atoms with Gasteiger partial charge in [-0.15, -0.1) is 0 Å². The van der Waals surface area contributed by atoms with Crippen LogP contribution in [0.1, 0.15) is 23.1 Å². The van der Waals surface area contributed by atoms with E-state index in [1.165, 1.54) is 27.8 Å². The number of piperidine rings is 1. The molecule has 2 aliphatic carbocycles. The number of methoxy groups -OCH3 is 1. The Bertz CT molecular complexity index is 1010. The van der Waals surface area contributed by atoms with E-state index in [9.17, 15) is 0 Å². The molecule has 2 aliphatic heterocycles. The maximum Gasteiger partial charge on any atom is 0.166 e. The zero-order valence-corrected chi connectivity index (χ0v) is 15.7. The van der Waals surface area contributed by atoms with Crippen LogP contribution in [0.2, 0.25) is 0 Å². The van der Waals surface area contributed by atoms with Gasteiger partial charge in [0.1, 0.15) is 6.10 Å². The van der Waals surface area contributed by atoms with Crippen LogP contribution in [0, 0.1) is 0 Å². The molecular weight excluding hydrogens is 334 g/mol. The largest absolute Gasteiger partial charge is 0.493 e. The van der Waals surface area contributed by atoms with Gasteiger partial charge in [0.2, 0.25) is 0 Å². The molecule has 2 bridgehead atoms. The van der Waals surface area contributed by atoms with Gasteiger partial charge in [-0.05, 0) is 60.8 Å². The van der Waals surface area contributed by atoms with Crippen LogP contribution in [-0.4, -0.2) is 37.7 Å². The van der Waals surface area contributed by atoms with E-state index in [1.54, 1.807) is 7.11 Å². The standard InChI is InChI=1S/C24H23NO2/c1-25-11-10-24-18-12-17(15-6-4-3-5-7-15)14-21(24)27-23-20(26-2)9-8-16(22(23)24)13-19(18)25/h3-9,12,14,19,21H,10-11,13H2,1-2H3/t19-,21+,24-/m1/s1. The zero-order valence-electron chi connectivity index (χ0n) is 15.7. The van der Waals surface area contributed by atoms with Crippen LogP contribution in [0.3, 0.4) is 0 Å². The first-order chi connectivity index (χ1) is 13.2. The van der Waals surface area contributed by atoms with Crippen molar-refractivity contribution in [2.24, 2.45) is 0 Å². The maximum atomic E-state index is 6.63. The number of rotatable bonds is 2. The van der Waals surface area contributed by atoms with Crippen LogP contribution in [0.25, 0.3) is 5.57 Å². The van der Waals surface area contributed by atoms with Crippen molar-refractivity contribution in [3.63, 3.8) is 0 Å². The Morgan fingerprint density at radius 1 is 1.15 bits per heavy atom. The minimum Gasteiger partial charge on any atom is -0.493 e. The fourth-order valence-corrected chi connectivity index (χ4v) is 5.74. The average Bonchev–Trinajstić information content (AvgIpc) is 3.04. The quantitative estimate of drug-likeness (QED) is 0.812. The second-order valence-corrected chi connectivity index (χ2v) is 8.18. The lowest BCUT2D eigenvalue weighted by Crippen LogP contribution is -2.57. The van der Waals surface area contributed by atoms with Gasteiger partial charge in [0.15, 0.2) is 11.5 Å². The zero-order chi connectivity index (χ0) is 18.2. The number of nitrogens with zero attached hydrogens (tertiary/aromatic N) is 1. The summed E-state index contributed by atoms with van der Waals surface area (Å²) in [5.41, 5.74) is 6.87. The lowest BCUT2D eigenvalue weighted by molar-refractivity contribution is 0.118. The maximum absolute atomic E-state index is 6.63. The predicted molar refractivity (Wildman–Crippen MR) is 106 cm³/mol. The average molecular weight is 357 g/mol. The molecule has 3 heteroatoms. The van der Waals surface area contributed by atoms with Crippen LogP contribution in [0.4, 0.5) is 0 Å². The van der Waals surface area contributed by atoms with Gasteiger partial charge in [0.05, 0.1) is 12.5 Å². The molecule has 1 fully saturated rings. The highest BCUT2D eigenvalue weighted by molar-refractivity contribution is 5.81. The second-order valence-electron chi connectivity index (χ2n) is 8.18. The van der Waals surface area contributed by atoms with E-state index in [1.807, 2.05) is 0 Å². The molecule has 0 aromatic heterocycles. The summed E-state index contributed by atoms with van der Waals surface area (Å²) in [7, 11) is 4.00. The first-order valence-corrected chi connectivity index (χ1v) is 9.79. The van der Waals surface area contributed by atoms with Gasteiger partial charge in [-0.25, -0.2) is 0 Å². The summed E-state index contributed by atoms with van der Waals surface area (Å²) in [5, 5.41) is 0. The number of likely N-dealkylation sites (N-methyl/N-ethyl adjacent to an activating group) is 1. The summed E-state index contributed by atoms with van der Waals surface area (Å²) in [6.45, 7) is 1.10. The van der Waals surface area contributed by atoms with E-state index in [4.69, 9.17) is 9.47 Å². The van der Waals surface area contributed by atoms with Crippen molar-refractivity contribution in [2.75, 3.05) is 20.7 Å². The normalized spacial score (nSPS) is 30.1. The second kappa shape index (κ2) is 5.26. The lowest BCUT2D eigenvalue weighted by atomic mass is 9.57. The molecule has 0 radical (unpaired) electrons. The molecule has 0 unspecified atom stereocenters. The van der Waals surface area contributed by atoms with Crippen LogP contribution in [0.15, 0.2) is 60.2 Å². The van der Waals surface area contributed by atoms with Crippen molar-refractivity contribution < 1.29 is 9.47 Å². The number of benzene rings is 2. The fourth-order valence-electron chi connectivity index (χ4n) is 5.74. The highest BCUT2D eigenvalue weighted by Gasteiger charge is 2.60. The van der Waals surface area contributed by atoms with E-state index in [-0.39, 0.29) is 11.5 Å². The van der Waals surface area contributed by atoms with Crippen molar-refractivity contribution in [3.8, 4) is 11.5 Å². The van der Waals surface area contributed by atoms with Gasteiger partial charge < -0.3 is 9.47 Å². The monoisotopic (exact) mass is 357 g/mol. The van der Waals surface area contributed by atoms with Crippen molar-refractivity contribution in [3.05, 3.63) is 76.9 Å². The summed E-state index contributed by atoms with van der Waals surface area (Å²) in [6.07, 6.45) is 6.99. The molecule has 3 atom stereocenters. The van der Waals surface area contributed by atoms with Crippen LogP contribution >= 0.6 is 0 Å². The molecule has 3 nitrogen and oxygen atoms in total. The Balaban J connectivity index is 1.62. The molecule has 1 saturated heterocycles. The van der Waals surface area contributed by atoms with Crippen molar-refractivity contribution in [2.45, 2.75) is 30.4 Å². The van der Waals surface area contributed by atoms with Gasteiger partial charge in [0, 0.05) is 11.6 Å². The van der Waals surface area contributed by atoms with Gasteiger partial charge in [0.25, 0.3) is 0 Å². The molecule has 4 aliphatic rings. The first-order valence-electron chi connectivity index (χ1n) is 9.79. The summed E-state index contributed by atoms with van der Waals surface area (Å²) < 4.78 is 12.3. The van der Waals surface area contributed by atoms with Crippen LogP contribution < -0.4 is 9.47 Å². The van der Waals surface area contributed by atoms with Crippen molar-refractivity contribution >= 4 is 5.57 Å². The minimum atomic E-state index is -0.0209. The molecule has 0 N–H and O–H groups in total. The van der Waals surface area contributed by atoms with Gasteiger partial charge >= 0.3 is 0 Å². The van der Waals surface area contributed by atoms with Gasteiger partial charge in [-0.3, -0.25) is 4.90 Å². The minimum absolute atomic E-state index is 0.0209. The topological polar surface area (TPSA) is 21.7 Å². The summed E-state index contributed by atoms with van der Waals surface area (Å²) in [6, 6.07) is 15.5. The Kier molecular flexibility index (Phi) is 3.03. The van der Waals surface area contributed by atoms with Crippen molar-refractivity contribution in [1.82, 2.24) is 4.90 Å². The van der Waals surface area contributed by atoms with Gasteiger partial charge in [-0.1, -0.05) is 42.5 Å². The number of likely N-dealkylation sites (tertiary alicyclic amines) is 1. The third-order valence-electron chi connectivity index (χ3n) is 7.03. The lowest BCUT2D eigenvalue weighted by Gasteiger charge is -2.52. The summed E-state index contributed by atoms with van der Waals surface area (Å²) in [4.78, 5) is 2.52. The van der Waals surface area contributed by atoms with E-state index in [0.29, 0.717) is 6.04 Å². The number of ether oxygens (including phenoxy) is 2. The van der Waals surface area contributed by atoms with E-state index >= 15 is 0 Å². The summed E-state index contributed by atoms with van der Waals surface area (Å²) >= 11 is 0. The molecule has 1 spiro atoms. The highest BCUT2D eigenvalue weighted by atomic mass is 16.5. The molecule has 27 heavy (non-hydrogen) atoms. The number of hydrogen-bond acceptors (Lipinski definition) is 3.